The Morgan fingerprint density at radius 3 is 0.850 bits per heavy atom. The molecule has 3 N–H and O–H groups in total. The van der Waals surface area contributed by atoms with Gasteiger partial charge in [0.2, 0.25) is 5.91 Å². The van der Waals surface area contributed by atoms with Gasteiger partial charge in [-0.2, -0.15) is 0 Å². The number of carbonyl (C=O) groups excluding carboxylic acids is 2. The third-order valence-corrected chi connectivity index (χ3v) is 17.6. The molecule has 2 atom stereocenters. The SMILES string of the molecule is CCCCCCCCCCCCCCCCCCCCCCCC/C=C/C(O)C(CO)NC(=O)CCCCCCCCCCCCCCCCCCCCCCCCCOC(=O)CCCCCCCCCCCCCCCCCC. The molecule has 6 heteroatoms. The lowest BCUT2D eigenvalue weighted by Crippen LogP contribution is -2.45. The first-order valence-electron chi connectivity index (χ1n) is 37.0. The molecule has 0 saturated carbocycles. The van der Waals surface area contributed by atoms with Crippen molar-refractivity contribution in [3.8, 4) is 0 Å². The summed E-state index contributed by atoms with van der Waals surface area (Å²) >= 11 is 0. The molecule has 0 bridgehead atoms. The first kappa shape index (κ1) is 78.6. The lowest BCUT2D eigenvalue weighted by atomic mass is 10.0. The van der Waals surface area contributed by atoms with Crippen LogP contribution in [0.15, 0.2) is 12.2 Å². The molecule has 0 aliphatic rings. The van der Waals surface area contributed by atoms with Crippen molar-refractivity contribution >= 4 is 11.9 Å². The minimum atomic E-state index is -0.845. The Morgan fingerprint density at radius 1 is 0.338 bits per heavy atom. The molecule has 0 aromatic heterocycles. The van der Waals surface area contributed by atoms with E-state index in [1.54, 1.807) is 6.08 Å². The smallest absolute Gasteiger partial charge is 0.305 e. The number of allylic oxidation sites excluding steroid dienone is 1. The second-order valence-corrected chi connectivity index (χ2v) is 25.6. The number of hydrogen-bond donors (Lipinski definition) is 3. The van der Waals surface area contributed by atoms with Crippen LogP contribution >= 0.6 is 0 Å². The highest BCUT2D eigenvalue weighted by atomic mass is 16.5. The average Bonchev–Trinajstić information content (AvgIpc) is 3.46. The van der Waals surface area contributed by atoms with E-state index in [9.17, 15) is 19.8 Å². The number of rotatable bonds is 70. The molecule has 2 unspecified atom stereocenters. The highest BCUT2D eigenvalue weighted by molar-refractivity contribution is 5.76. The Labute approximate surface area is 501 Å². The molecular weight excluding hydrogens is 983 g/mol. The van der Waals surface area contributed by atoms with E-state index < -0.39 is 12.1 Å². The number of unbranched alkanes of at least 4 members (excludes halogenated alkanes) is 59. The van der Waals surface area contributed by atoms with Gasteiger partial charge in [0.25, 0.3) is 0 Å². The van der Waals surface area contributed by atoms with Crippen molar-refractivity contribution in [1.82, 2.24) is 5.32 Å². The maximum absolute atomic E-state index is 12.5. The zero-order chi connectivity index (χ0) is 57.8. The summed E-state index contributed by atoms with van der Waals surface area (Å²) in [5.74, 6) is -0.0433. The summed E-state index contributed by atoms with van der Waals surface area (Å²) in [5, 5.41) is 23.3. The van der Waals surface area contributed by atoms with Gasteiger partial charge in [0.1, 0.15) is 0 Å². The minimum Gasteiger partial charge on any atom is -0.466 e. The van der Waals surface area contributed by atoms with Crippen LogP contribution in [0, 0.1) is 0 Å². The Morgan fingerprint density at radius 2 is 0.575 bits per heavy atom. The number of esters is 1. The number of aliphatic hydroxyl groups excluding tert-OH is 2. The largest absolute Gasteiger partial charge is 0.466 e. The summed E-state index contributed by atoms with van der Waals surface area (Å²) in [4.78, 5) is 24.6. The van der Waals surface area contributed by atoms with Gasteiger partial charge in [-0.1, -0.05) is 392 Å². The monoisotopic (exact) mass is 1130 g/mol. The van der Waals surface area contributed by atoms with Crippen LogP contribution < -0.4 is 5.32 Å². The van der Waals surface area contributed by atoms with Gasteiger partial charge in [0, 0.05) is 12.8 Å². The van der Waals surface area contributed by atoms with E-state index in [4.69, 9.17) is 4.74 Å². The van der Waals surface area contributed by atoms with E-state index in [0.717, 1.165) is 38.5 Å². The Hall–Kier alpha value is -1.40. The lowest BCUT2D eigenvalue weighted by molar-refractivity contribution is -0.143. The van der Waals surface area contributed by atoms with Crippen molar-refractivity contribution in [1.29, 1.82) is 0 Å². The maximum Gasteiger partial charge on any atom is 0.305 e. The first-order valence-corrected chi connectivity index (χ1v) is 37.0. The van der Waals surface area contributed by atoms with E-state index in [-0.39, 0.29) is 18.5 Å². The standard InChI is InChI=1S/C74H145NO5/c1-3-5-7-9-11-13-15-17-19-21-22-23-24-26-29-32-35-38-42-46-50-54-58-62-66-72(77)71(70-76)75-73(78)67-63-59-55-51-47-43-39-36-33-30-27-25-28-31-34-37-41-45-49-53-57-61-65-69-80-74(79)68-64-60-56-52-48-44-40-20-18-16-14-12-10-8-6-4-2/h62,66,71-72,76-77H,3-61,63-65,67-70H2,1-2H3,(H,75,78)/b66-62+. The predicted octanol–water partition coefficient (Wildman–Crippen LogP) is 23.9. The van der Waals surface area contributed by atoms with Crippen LogP contribution in [0.2, 0.25) is 0 Å². The molecule has 0 aliphatic heterocycles. The van der Waals surface area contributed by atoms with Crippen LogP contribution in [0.5, 0.6) is 0 Å². The van der Waals surface area contributed by atoms with Gasteiger partial charge in [-0.15, -0.1) is 0 Å². The van der Waals surface area contributed by atoms with Crippen LogP contribution in [-0.4, -0.2) is 47.4 Å². The van der Waals surface area contributed by atoms with Crippen LogP contribution in [0.25, 0.3) is 0 Å². The highest BCUT2D eigenvalue weighted by Crippen LogP contribution is 2.20. The van der Waals surface area contributed by atoms with E-state index in [1.807, 2.05) is 6.08 Å². The Bertz CT molecular complexity index is 1210. The fraction of sp³-hybridized carbons (Fsp3) is 0.946. The van der Waals surface area contributed by atoms with Gasteiger partial charge in [0.05, 0.1) is 25.4 Å². The highest BCUT2D eigenvalue weighted by Gasteiger charge is 2.18. The number of amides is 1. The molecule has 0 aromatic rings. The van der Waals surface area contributed by atoms with Crippen LogP contribution in [0.1, 0.15) is 425 Å². The van der Waals surface area contributed by atoms with Gasteiger partial charge in [-0.25, -0.2) is 0 Å². The molecule has 0 spiro atoms. The molecule has 0 fully saturated rings. The van der Waals surface area contributed by atoms with Crippen molar-refractivity contribution in [2.24, 2.45) is 0 Å². The summed E-state index contributed by atoms with van der Waals surface area (Å²) in [5.41, 5.74) is 0. The van der Waals surface area contributed by atoms with E-state index >= 15 is 0 Å². The molecule has 0 saturated heterocycles. The molecule has 0 heterocycles. The molecule has 0 aliphatic carbocycles. The third-order valence-electron chi connectivity index (χ3n) is 17.6. The molecule has 0 aromatic carbocycles. The van der Waals surface area contributed by atoms with Crippen LogP contribution in [-0.2, 0) is 14.3 Å². The first-order chi connectivity index (χ1) is 39.5. The lowest BCUT2D eigenvalue weighted by Gasteiger charge is -2.20. The Kier molecular flexibility index (Phi) is 68.9. The zero-order valence-electron chi connectivity index (χ0n) is 54.6. The molecule has 80 heavy (non-hydrogen) atoms. The van der Waals surface area contributed by atoms with Crippen LogP contribution in [0.4, 0.5) is 0 Å². The zero-order valence-corrected chi connectivity index (χ0v) is 54.6. The quantitative estimate of drug-likeness (QED) is 0.0320. The van der Waals surface area contributed by atoms with E-state index in [0.29, 0.717) is 19.4 Å². The molecule has 1 amide bonds. The summed E-state index contributed by atoms with van der Waals surface area (Å²) < 4.78 is 5.51. The van der Waals surface area contributed by atoms with Gasteiger partial charge in [-0.05, 0) is 32.1 Å². The molecule has 476 valence electrons. The summed E-state index contributed by atoms with van der Waals surface area (Å²) in [6, 6.07) is -0.628. The summed E-state index contributed by atoms with van der Waals surface area (Å²) in [6.45, 7) is 4.96. The normalized spacial score (nSPS) is 12.5. The van der Waals surface area contributed by atoms with Gasteiger partial charge in [-0.3, -0.25) is 9.59 Å². The number of carbonyl (C=O) groups is 2. The summed E-state index contributed by atoms with van der Waals surface area (Å²) in [6.07, 6.45) is 87.3. The third kappa shape index (κ3) is 65.7. The molecular formula is C74H145NO5. The second kappa shape index (κ2) is 70.1. The van der Waals surface area contributed by atoms with Crippen molar-refractivity contribution in [3.05, 3.63) is 12.2 Å². The Balaban J connectivity index is 3.38. The van der Waals surface area contributed by atoms with Crippen LogP contribution in [0.3, 0.4) is 0 Å². The molecule has 6 nitrogen and oxygen atoms in total. The van der Waals surface area contributed by atoms with E-state index in [1.165, 1.54) is 360 Å². The van der Waals surface area contributed by atoms with Gasteiger partial charge in [0.15, 0.2) is 0 Å². The minimum absolute atomic E-state index is 0.0187. The van der Waals surface area contributed by atoms with Crippen molar-refractivity contribution in [2.75, 3.05) is 13.2 Å². The second-order valence-electron chi connectivity index (χ2n) is 25.6. The van der Waals surface area contributed by atoms with Crippen molar-refractivity contribution < 1.29 is 24.5 Å². The number of ether oxygens (including phenoxy) is 1. The van der Waals surface area contributed by atoms with Crippen molar-refractivity contribution in [3.63, 3.8) is 0 Å². The number of nitrogens with one attached hydrogen (secondary N) is 1. The molecule has 0 rings (SSSR count). The van der Waals surface area contributed by atoms with E-state index in [2.05, 4.69) is 19.2 Å². The number of hydrogen-bond acceptors (Lipinski definition) is 5. The molecule has 0 radical (unpaired) electrons. The number of aliphatic hydroxyl groups is 2. The average molecular weight is 1130 g/mol. The fourth-order valence-corrected chi connectivity index (χ4v) is 11.9. The van der Waals surface area contributed by atoms with Crippen molar-refractivity contribution in [2.45, 2.75) is 437 Å². The van der Waals surface area contributed by atoms with Gasteiger partial charge >= 0.3 is 5.97 Å². The summed E-state index contributed by atoms with van der Waals surface area (Å²) in [7, 11) is 0. The fourth-order valence-electron chi connectivity index (χ4n) is 11.9. The topological polar surface area (TPSA) is 95.9 Å². The predicted molar refractivity (Wildman–Crippen MR) is 352 cm³/mol. The maximum atomic E-state index is 12.5. The van der Waals surface area contributed by atoms with Gasteiger partial charge < -0.3 is 20.3 Å².